The molecule has 0 saturated heterocycles. The molecule has 140 valence electrons. The van der Waals surface area contributed by atoms with E-state index in [2.05, 4.69) is 0 Å². The van der Waals surface area contributed by atoms with Gasteiger partial charge >= 0.3 is 5.97 Å². The van der Waals surface area contributed by atoms with Crippen LogP contribution in [0.4, 0.5) is 0 Å². The molecule has 0 heterocycles. The number of rotatable bonds is 8. The van der Waals surface area contributed by atoms with Gasteiger partial charge in [0.25, 0.3) is 10.1 Å². The van der Waals surface area contributed by atoms with E-state index >= 15 is 0 Å². The maximum Gasteiger partial charge on any atom is 0.352 e. The first-order valence-electron chi connectivity index (χ1n) is 8.16. The maximum absolute atomic E-state index is 12.2. The van der Waals surface area contributed by atoms with Crippen LogP contribution < -0.4 is 4.74 Å². The van der Waals surface area contributed by atoms with E-state index in [1.54, 1.807) is 50.2 Å². The number of benzene rings is 2. The van der Waals surface area contributed by atoms with E-state index in [1.165, 1.54) is 0 Å². The lowest BCUT2D eigenvalue weighted by atomic mass is 10.1. The van der Waals surface area contributed by atoms with Gasteiger partial charge in [-0.1, -0.05) is 42.5 Å². The molecule has 0 spiro atoms. The van der Waals surface area contributed by atoms with Crippen molar-refractivity contribution in [2.24, 2.45) is 0 Å². The van der Waals surface area contributed by atoms with Crippen LogP contribution in [0.15, 0.2) is 54.6 Å². The molecule has 0 aliphatic carbocycles. The summed E-state index contributed by atoms with van der Waals surface area (Å²) in [5.41, 5.74) is 1.36. The summed E-state index contributed by atoms with van der Waals surface area (Å²) < 4.78 is 38.3. The Labute approximate surface area is 153 Å². The fraction of sp³-hybridized carbons (Fsp3) is 0.316. The third-order valence-corrected chi connectivity index (χ3v) is 4.16. The summed E-state index contributed by atoms with van der Waals surface area (Å²) >= 11 is 0. The highest BCUT2D eigenvalue weighted by atomic mass is 32.2. The minimum absolute atomic E-state index is 0.255. The molecule has 0 saturated carbocycles. The fourth-order valence-electron chi connectivity index (χ4n) is 2.37. The normalized spacial score (nSPS) is 13.7. The topological polar surface area (TPSA) is 78.9 Å². The Bertz CT molecular complexity index is 815. The van der Waals surface area contributed by atoms with Crippen molar-refractivity contribution in [3.63, 3.8) is 0 Å². The van der Waals surface area contributed by atoms with E-state index in [4.69, 9.17) is 13.7 Å². The van der Waals surface area contributed by atoms with Gasteiger partial charge in [0, 0.05) is 5.56 Å². The fourth-order valence-corrected chi connectivity index (χ4v) is 3.00. The average molecular weight is 378 g/mol. The van der Waals surface area contributed by atoms with Crippen molar-refractivity contribution < 1.29 is 26.9 Å². The van der Waals surface area contributed by atoms with Gasteiger partial charge < -0.3 is 9.47 Å². The number of carbonyl (C=O) groups excluding carboxylic acids is 1. The SMILES string of the molecule is CCOC(=O)C(Oc1ccc(C(C)OS(C)(=O)=O)cc1)c1ccccc1. The second-order valence-electron chi connectivity index (χ2n) is 5.67. The summed E-state index contributed by atoms with van der Waals surface area (Å²) in [6.45, 7) is 3.63. The van der Waals surface area contributed by atoms with Gasteiger partial charge in [-0.2, -0.15) is 8.42 Å². The summed E-state index contributed by atoms with van der Waals surface area (Å²) in [7, 11) is -3.55. The Morgan fingerprint density at radius 2 is 1.62 bits per heavy atom. The standard InChI is InChI=1S/C19H22O6S/c1-4-23-19(20)18(16-8-6-5-7-9-16)24-17-12-10-15(11-13-17)14(2)25-26(3,21)22/h5-14,18H,4H2,1-3H3. The molecular weight excluding hydrogens is 356 g/mol. The lowest BCUT2D eigenvalue weighted by Gasteiger charge is -2.18. The Morgan fingerprint density at radius 1 is 1.00 bits per heavy atom. The molecule has 7 heteroatoms. The summed E-state index contributed by atoms with van der Waals surface area (Å²) in [5, 5.41) is 0. The molecule has 2 aromatic carbocycles. The molecular formula is C19H22O6S. The minimum Gasteiger partial charge on any atom is -0.474 e. The first-order chi connectivity index (χ1) is 12.3. The van der Waals surface area contributed by atoms with Crippen LogP contribution in [-0.4, -0.2) is 27.2 Å². The predicted molar refractivity (Wildman–Crippen MR) is 97.2 cm³/mol. The number of esters is 1. The molecule has 0 N–H and O–H groups in total. The van der Waals surface area contributed by atoms with E-state index in [0.29, 0.717) is 16.9 Å². The zero-order chi connectivity index (χ0) is 19.2. The number of hydrogen-bond acceptors (Lipinski definition) is 6. The van der Waals surface area contributed by atoms with Gasteiger partial charge in [0.2, 0.25) is 6.10 Å². The van der Waals surface area contributed by atoms with E-state index in [0.717, 1.165) is 6.26 Å². The Kier molecular flexibility index (Phi) is 6.76. The highest BCUT2D eigenvalue weighted by molar-refractivity contribution is 7.86. The van der Waals surface area contributed by atoms with Crippen LogP contribution in [0.2, 0.25) is 0 Å². The van der Waals surface area contributed by atoms with Crippen molar-refractivity contribution >= 4 is 16.1 Å². The zero-order valence-corrected chi connectivity index (χ0v) is 15.7. The molecule has 0 aliphatic heterocycles. The molecule has 0 radical (unpaired) electrons. The van der Waals surface area contributed by atoms with Crippen molar-refractivity contribution in [3.05, 3.63) is 65.7 Å². The monoisotopic (exact) mass is 378 g/mol. The molecule has 0 fully saturated rings. The molecule has 2 unspecified atom stereocenters. The molecule has 6 nitrogen and oxygen atoms in total. The number of ether oxygens (including phenoxy) is 2. The molecule has 2 rings (SSSR count). The summed E-state index contributed by atoms with van der Waals surface area (Å²) in [6, 6.07) is 15.8. The van der Waals surface area contributed by atoms with Crippen LogP contribution in [0.25, 0.3) is 0 Å². The third-order valence-electron chi connectivity index (χ3n) is 3.53. The van der Waals surface area contributed by atoms with Crippen LogP contribution in [0.1, 0.15) is 37.2 Å². The zero-order valence-electron chi connectivity index (χ0n) is 14.9. The van der Waals surface area contributed by atoms with Crippen LogP contribution >= 0.6 is 0 Å². The second-order valence-corrected chi connectivity index (χ2v) is 7.27. The largest absolute Gasteiger partial charge is 0.474 e. The molecule has 26 heavy (non-hydrogen) atoms. The van der Waals surface area contributed by atoms with E-state index in [-0.39, 0.29) is 6.61 Å². The lowest BCUT2D eigenvalue weighted by molar-refractivity contribution is -0.151. The molecule has 0 aliphatic rings. The van der Waals surface area contributed by atoms with E-state index in [9.17, 15) is 13.2 Å². The third kappa shape index (κ3) is 5.86. The van der Waals surface area contributed by atoms with Crippen molar-refractivity contribution in [2.45, 2.75) is 26.1 Å². The summed E-state index contributed by atoms with van der Waals surface area (Å²) in [4.78, 5) is 12.2. The molecule has 2 aromatic rings. The summed E-state index contributed by atoms with van der Waals surface area (Å²) in [5.74, 6) is -0.0150. The predicted octanol–water partition coefficient (Wildman–Crippen LogP) is 3.41. The molecule has 0 amide bonds. The van der Waals surface area contributed by atoms with Crippen LogP contribution in [-0.2, 0) is 23.8 Å². The quantitative estimate of drug-likeness (QED) is 0.517. The van der Waals surface area contributed by atoms with Crippen molar-refractivity contribution in [1.82, 2.24) is 0 Å². The Morgan fingerprint density at radius 3 is 2.15 bits per heavy atom. The first-order valence-corrected chi connectivity index (χ1v) is 9.98. The van der Waals surface area contributed by atoms with Crippen LogP contribution in [0, 0.1) is 0 Å². The molecule has 0 aromatic heterocycles. The number of hydrogen-bond donors (Lipinski definition) is 0. The summed E-state index contributed by atoms with van der Waals surface area (Å²) in [6.07, 6.45) is -0.495. The Balaban J connectivity index is 2.17. The van der Waals surface area contributed by atoms with Gasteiger partial charge in [-0.3, -0.25) is 4.18 Å². The van der Waals surface area contributed by atoms with Gasteiger partial charge in [-0.15, -0.1) is 0 Å². The van der Waals surface area contributed by atoms with Crippen LogP contribution in [0.5, 0.6) is 5.75 Å². The van der Waals surface area contributed by atoms with Gasteiger partial charge in [0.05, 0.1) is 19.0 Å². The van der Waals surface area contributed by atoms with Crippen molar-refractivity contribution in [3.8, 4) is 5.75 Å². The first kappa shape index (κ1) is 19.9. The van der Waals surface area contributed by atoms with Gasteiger partial charge in [0.1, 0.15) is 5.75 Å². The van der Waals surface area contributed by atoms with E-state index in [1.807, 2.05) is 18.2 Å². The number of carbonyl (C=O) groups is 1. The highest BCUT2D eigenvalue weighted by Gasteiger charge is 2.24. The average Bonchev–Trinajstić information content (AvgIpc) is 2.59. The second kappa shape index (κ2) is 8.82. The Hall–Kier alpha value is -2.38. The van der Waals surface area contributed by atoms with Crippen LogP contribution in [0.3, 0.4) is 0 Å². The molecule has 2 atom stereocenters. The lowest BCUT2D eigenvalue weighted by Crippen LogP contribution is -2.21. The maximum atomic E-state index is 12.2. The minimum atomic E-state index is -3.55. The van der Waals surface area contributed by atoms with E-state index < -0.39 is 28.3 Å². The smallest absolute Gasteiger partial charge is 0.352 e. The van der Waals surface area contributed by atoms with Gasteiger partial charge in [0.15, 0.2) is 0 Å². The van der Waals surface area contributed by atoms with Crippen molar-refractivity contribution in [2.75, 3.05) is 12.9 Å². The van der Waals surface area contributed by atoms with Crippen molar-refractivity contribution in [1.29, 1.82) is 0 Å². The highest BCUT2D eigenvalue weighted by Crippen LogP contribution is 2.26. The molecule has 0 bridgehead atoms. The van der Waals surface area contributed by atoms with Gasteiger partial charge in [-0.05, 0) is 31.5 Å². The van der Waals surface area contributed by atoms with Gasteiger partial charge in [-0.25, -0.2) is 4.79 Å².